The highest BCUT2D eigenvalue weighted by molar-refractivity contribution is 5.93. The molecule has 0 bridgehead atoms. The zero-order valence-corrected chi connectivity index (χ0v) is 13.6. The maximum Gasteiger partial charge on any atom is 0.410 e. The highest BCUT2D eigenvalue weighted by Gasteiger charge is 2.49. The van der Waals surface area contributed by atoms with E-state index >= 15 is 0 Å². The first-order valence-electron chi connectivity index (χ1n) is 7.52. The highest BCUT2D eigenvalue weighted by Crippen LogP contribution is 2.44. The molecule has 5 heteroatoms. The smallest absolute Gasteiger partial charge is 0.410 e. The van der Waals surface area contributed by atoms with Crippen LogP contribution in [-0.4, -0.2) is 35.6 Å². The van der Waals surface area contributed by atoms with Gasteiger partial charge in [-0.2, -0.15) is 0 Å². The van der Waals surface area contributed by atoms with Gasteiger partial charge in [0.15, 0.2) is 0 Å². The summed E-state index contributed by atoms with van der Waals surface area (Å²) in [5.41, 5.74) is 0.505. The number of hydrogen-bond donors (Lipinski definition) is 1. The number of amides is 2. The minimum Gasteiger partial charge on any atom is -0.444 e. The number of carbonyl (C=O) groups excluding carboxylic acids is 2. The Hall–Kier alpha value is -2.04. The summed E-state index contributed by atoms with van der Waals surface area (Å²) in [4.78, 5) is 26.2. The van der Waals surface area contributed by atoms with E-state index in [0.717, 1.165) is 11.3 Å². The van der Waals surface area contributed by atoms with E-state index < -0.39 is 11.0 Å². The molecule has 1 N–H and O–H groups in total. The lowest BCUT2D eigenvalue weighted by Crippen LogP contribution is -2.48. The topological polar surface area (TPSA) is 58.6 Å². The molecular weight excluding hydrogens is 280 g/mol. The van der Waals surface area contributed by atoms with Crippen LogP contribution >= 0.6 is 0 Å². The summed E-state index contributed by atoms with van der Waals surface area (Å²) >= 11 is 0. The van der Waals surface area contributed by atoms with Crippen molar-refractivity contribution < 1.29 is 14.3 Å². The summed E-state index contributed by atoms with van der Waals surface area (Å²) in [6.07, 6.45) is 4.17. The van der Waals surface area contributed by atoms with Gasteiger partial charge in [-0.25, -0.2) is 4.79 Å². The second-order valence-corrected chi connectivity index (χ2v) is 6.74. The maximum absolute atomic E-state index is 12.4. The van der Waals surface area contributed by atoms with Crippen LogP contribution in [0, 0.1) is 5.41 Å². The molecule has 1 fully saturated rings. The van der Waals surface area contributed by atoms with Crippen molar-refractivity contribution in [3.8, 4) is 0 Å². The van der Waals surface area contributed by atoms with E-state index in [9.17, 15) is 9.59 Å². The fourth-order valence-electron chi connectivity index (χ4n) is 3.05. The van der Waals surface area contributed by atoms with Crippen molar-refractivity contribution in [1.29, 1.82) is 0 Å². The molecule has 0 aliphatic carbocycles. The molecule has 0 aromatic rings. The summed E-state index contributed by atoms with van der Waals surface area (Å²) in [7, 11) is 0. The molecule has 2 aliphatic rings. The van der Waals surface area contributed by atoms with Gasteiger partial charge in [0.25, 0.3) is 0 Å². The number of ether oxygens (including phenoxy) is 1. The standard InChI is InChI=1S/C17H24N2O3/c1-6-12-13(7-2)18-14(20)17(12)8-10-19(11-9-17)15(21)22-16(3,4)5/h6-7H,1-2,8-11H2,3-5H3,(H,18,20). The average molecular weight is 304 g/mol. The minimum atomic E-state index is -0.593. The fourth-order valence-corrected chi connectivity index (χ4v) is 3.05. The molecule has 2 rings (SSSR count). The highest BCUT2D eigenvalue weighted by atomic mass is 16.6. The first-order chi connectivity index (χ1) is 10.2. The Labute approximate surface area is 131 Å². The third-order valence-electron chi connectivity index (χ3n) is 4.17. The third kappa shape index (κ3) is 2.80. The average Bonchev–Trinajstić information content (AvgIpc) is 2.70. The number of piperidine rings is 1. The van der Waals surface area contributed by atoms with Gasteiger partial charge in [-0.05, 0) is 45.3 Å². The molecule has 1 spiro atoms. The molecule has 0 unspecified atom stereocenters. The second-order valence-electron chi connectivity index (χ2n) is 6.74. The molecule has 2 heterocycles. The van der Waals surface area contributed by atoms with Gasteiger partial charge in [0.2, 0.25) is 5.91 Å². The first kappa shape index (κ1) is 16.3. The van der Waals surface area contributed by atoms with Gasteiger partial charge < -0.3 is 15.0 Å². The number of carbonyl (C=O) groups is 2. The van der Waals surface area contributed by atoms with Gasteiger partial charge in [0.05, 0.1) is 5.41 Å². The van der Waals surface area contributed by atoms with Gasteiger partial charge in [0, 0.05) is 18.8 Å². The van der Waals surface area contributed by atoms with Crippen molar-refractivity contribution in [1.82, 2.24) is 10.2 Å². The van der Waals surface area contributed by atoms with Crippen LogP contribution in [0.4, 0.5) is 4.79 Å². The van der Waals surface area contributed by atoms with E-state index in [1.54, 1.807) is 17.1 Å². The predicted molar refractivity (Wildman–Crippen MR) is 85.0 cm³/mol. The van der Waals surface area contributed by atoms with Crippen LogP contribution in [0.2, 0.25) is 0 Å². The van der Waals surface area contributed by atoms with Crippen LogP contribution in [0.5, 0.6) is 0 Å². The SMILES string of the molecule is C=CC1=C(C=C)C2(CCN(C(=O)OC(C)(C)C)CC2)C(=O)N1. The first-order valence-corrected chi connectivity index (χ1v) is 7.52. The van der Waals surface area contributed by atoms with E-state index in [4.69, 9.17) is 4.74 Å². The Bertz CT molecular complexity index is 547. The number of likely N-dealkylation sites (tertiary alicyclic amines) is 1. The van der Waals surface area contributed by atoms with E-state index in [2.05, 4.69) is 18.5 Å². The Morgan fingerprint density at radius 3 is 2.32 bits per heavy atom. The minimum absolute atomic E-state index is 0.0267. The molecule has 0 atom stereocenters. The Balaban J connectivity index is 2.13. The lowest BCUT2D eigenvalue weighted by Gasteiger charge is -2.38. The van der Waals surface area contributed by atoms with Crippen molar-refractivity contribution in [3.63, 3.8) is 0 Å². The molecule has 0 radical (unpaired) electrons. The predicted octanol–water partition coefficient (Wildman–Crippen LogP) is 2.76. The Kier molecular flexibility index (Phi) is 4.18. The van der Waals surface area contributed by atoms with Crippen molar-refractivity contribution in [2.45, 2.75) is 39.2 Å². The van der Waals surface area contributed by atoms with Crippen LogP contribution in [0.25, 0.3) is 0 Å². The lowest BCUT2D eigenvalue weighted by molar-refractivity contribution is -0.128. The lowest BCUT2D eigenvalue weighted by atomic mass is 9.73. The van der Waals surface area contributed by atoms with Crippen molar-refractivity contribution in [2.75, 3.05) is 13.1 Å². The molecule has 2 amide bonds. The normalized spacial score (nSPS) is 20.9. The number of hydrogen-bond acceptors (Lipinski definition) is 3. The van der Waals surface area contributed by atoms with Crippen LogP contribution in [0.1, 0.15) is 33.6 Å². The van der Waals surface area contributed by atoms with Gasteiger partial charge in [-0.3, -0.25) is 4.79 Å². The van der Waals surface area contributed by atoms with Gasteiger partial charge in [0.1, 0.15) is 5.60 Å². The van der Waals surface area contributed by atoms with Crippen LogP contribution in [0.3, 0.4) is 0 Å². The number of nitrogens with one attached hydrogen (secondary N) is 1. The summed E-state index contributed by atoms with van der Waals surface area (Å²) in [6, 6.07) is 0. The van der Waals surface area contributed by atoms with Gasteiger partial charge >= 0.3 is 6.09 Å². The van der Waals surface area contributed by atoms with E-state index in [1.165, 1.54) is 0 Å². The monoisotopic (exact) mass is 304 g/mol. The van der Waals surface area contributed by atoms with E-state index in [-0.39, 0.29) is 12.0 Å². The zero-order chi connectivity index (χ0) is 16.5. The molecule has 5 nitrogen and oxygen atoms in total. The summed E-state index contributed by atoms with van der Waals surface area (Å²) in [6.45, 7) is 14.1. The van der Waals surface area contributed by atoms with Crippen molar-refractivity contribution in [3.05, 3.63) is 36.6 Å². The van der Waals surface area contributed by atoms with Crippen LogP contribution in [-0.2, 0) is 9.53 Å². The summed E-state index contributed by atoms with van der Waals surface area (Å²) < 4.78 is 5.39. The quantitative estimate of drug-likeness (QED) is 0.853. The molecule has 22 heavy (non-hydrogen) atoms. The molecule has 1 saturated heterocycles. The van der Waals surface area contributed by atoms with Crippen molar-refractivity contribution >= 4 is 12.0 Å². The van der Waals surface area contributed by atoms with Crippen LogP contribution in [0.15, 0.2) is 36.6 Å². The Morgan fingerprint density at radius 1 is 1.27 bits per heavy atom. The molecule has 0 aromatic carbocycles. The summed E-state index contributed by atoms with van der Waals surface area (Å²) in [5.74, 6) is -0.0267. The maximum atomic E-state index is 12.4. The molecule has 2 aliphatic heterocycles. The van der Waals surface area contributed by atoms with Gasteiger partial charge in [-0.15, -0.1) is 0 Å². The number of nitrogens with zero attached hydrogens (tertiary/aromatic N) is 1. The third-order valence-corrected chi connectivity index (χ3v) is 4.17. The zero-order valence-electron chi connectivity index (χ0n) is 13.6. The van der Waals surface area contributed by atoms with Crippen LogP contribution < -0.4 is 5.32 Å². The molecule has 0 aromatic heterocycles. The molecule has 0 saturated carbocycles. The molecular formula is C17H24N2O3. The number of allylic oxidation sites excluding steroid dienone is 2. The van der Waals surface area contributed by atoms with E-state index in [1.807, 2.05) is 20.8 Å². The number of rotatable bonds is 2. The molecule has 120 valence electrons. The van der Waals surface area contributed by atoms with E-state index in [0.29, 0.717) is 25.9 Å². The Morgan fingerprint density at radius 2 is 1.86 bits per heavy atom. The largest absolute Gasteiger partial charge is 0.444 e. The van der Waals surface area contributed by atoms with Gasteiger partial charge in [-0.1, -0.05) is 19.2 Å². The second kappa shape index (κ2) is 5.63. The fraction of sp³-hybridized carbons (Fsp3) is 0.529. The summed E-state index contributed by atoms with van der Waals surface area (Å²) in [5, 5.41) is 2.86. The van der Waals surface area contributed by atoms with Crippen molar-refractivity contribution in [2.24, 2.45) is 5.41 Å².